The van der Waals surface area contributed by atoms with Gasteiger partial charge in [0.1, 0.15) is 10.6 Å². The summed E-state index contributed by atoms with van der Waals surface area (Å²) in [5.74, 6) is -4.68. The molecule has 0 aliphatic carbocycles. The van der Waals surface area contributed by atoms with Gasteiger partial charge in [-0.2, -0.15) is 14.5 Å². The van der Waals surface area contributed by atoms with Crippen LogP contribution in [0.15, 0.2) is 33.0 Å². The molecule has 0 bridgehead atoms. The van der Waals surface area contributed by atoms with E-state index >= 15 is 0 Å². The highest BCUT2D eigenvalue weighted by molar-refractivity contribution is 7.89. The van der Waals surface area contributed by atoms with Gasteiger partial charge >= 0.3 is 5.97 Å². The minimum Gasteiger partial charge on any atom is -0.477 e. The van der Waals surface area contributed by atoms with Gasteiger partial charge in [-0.3, -0.25) is 0 Å². The van der Waals surface area contributed by atoms with Crippen LogP contribution >= 0.6 is 0 Å². The Balaban J connectivity index is 2.03. The fourth-order valence-corrected chi connectivity index (χ4v) is 4.54. The van der Waals surface area contributed by atoms with Crippen LogP contribution in [-0.4, -0.2) is 53.4 Å². The molecule has 24 heavy (non-hydrogen) atoms. The third-order valence-corrected chi connectivity index (χ3v) is 6.14. The molecule has 130 valence electrons. The maximum absolute atomic E-state index is 14.2. The molecule has 3 heterocycles. The van der Waals surface area contributed by atoms with E-state index < -0.39 is 34.5 Å². The number of fused-ring (bicyclic) bond motifs is 1. The van der Waals surface area contributed by atoms with Crippen molar-refractivity contribution in [2.75, 3.05) is 13.1 Å². The maximum Gasteiger partial charge on any atom is 0.352 e. The molecule has 0 spiro atoms. The van der Waals surface area contributed by atoms with Crippen molar-refractivity contribution in [2.24, 2.45) is 17.3 Å². The van der Waals surface area contributed by atoms with E-state index in [1.807, 2.05) is 0 Å². The van der Waals surface area contributed by atoms with Gasteiger partial charge in [-0.25, -0.2) is 22.0 Å². The number of azo groups is 1. The quantitative estimate of drug-likeness (QED) is 0.879. The summed E-state index contributed by atoms with van der Waals surface area (Å²) in [6, 6.07) is -0.454. The Bertz CT molecular complexity index is 888. The molecule has 1 fully saturated rings. The molecule has 0 radical (unpaired) electrons. The second kappa shape index (κ2) is 5.18. The van der Waals surface area contributed by atoms with Crippen molar-refractivity contribution in [1.82, 2.24) is 8.87 Å². The van der Waals surface area contributed by atoms with Crippen LogP contribution in [0.4, 0.5) is 8.78 Å². The van der Waals surface area contributed by atoms with Crippen LogP contribution in [0.1, 0.15) is 16.2 Å². The summed E-state index contributed by atoms with van der Waals surface area (Å²) in [5.41, 5.74) is 0.0345. The number of halogens is 2. The molecule has 11 heteroatoms. The molecule has 2 aliphatic heterocycles. The zero-order valence-electron chi connectivity index (χ0n) is 12.8. The van der Waals surface area contributed by atoms with Crippen LogP contribution in [0, 0.1) is 6.92 Å². The lowest BCUT2D eigenvalue weighted by atomic mass is 9.99. The second-order valence-corrected chi connectivity index (χ2v) is 7.62. The van der Waals surface area contributed by atoms with Gasteiger partial charge in [-0.05, 0) is 18.6 Å². The molecule has 1 aromatic heterocycles. The molecule has 0 saturated carbocycles. The number of carbonyl (C=O) groups is 1. The Labute approximate surface area is 136 Å². The van der Waals surface area contributed by atoms with Gasteiger partial charge < -0.3 is 9.67 Å². The first-order valence-electron chi connectivity index (χ1n) is 6.92. The van der Waals surface area contributed by atoms with E-state index in [0.717, 1.165) is 12.3 Å². The summed E-state index contributed by atoms with van der Waals surface area (Å²) in [4.78, 5) is 10.9. The number of rotatable bonds is 3. The molecular weight excluding hydrogens is 346 g/mol. The predicted molar refractivity (Wildman–Crippen MR) is 77.5 cm³/mol. The summed E-state index contributed by atoms with van der Waals surface area (Å²) in [7, 11) is -2.89. The second-order valence-electron chi connectivity index (χ2n) is 5.72. The standard InChI is InChI=1S/C13H14F2N4O4S/c1-7-10(3-9(12(20)21)18(7)2)24(22,23)19-5-8-4-16-17-11(8)13(14,15)6-19/h3-4,11H,5-6H2,1-2H3,(H,20,21). The van der Waals surface area contributed by atoms with Crippen LogP contribution < -0.4 is 0 Å². The van der Waals surface area contributed by atoms with Crippen molar-refractivity contribution in [3.63, 3.8) is 0 Å². The number of aromatic carboxylic acids is 1. The highest BCUT2D eigenvalue weighted by Crippen LogP contribution is 2.38. The van der Waals surface area contributed by atoms with E-state index in [1.165, 1.54) is 18.5 Å². The number of hydrogen-bond acceptors (Lipinski definition) is 5. The van der Waals surface area contributed by atoms with Crippen LogP contribution in [0.2, 0.25) is 0 Å². The lowest BCUT2D eigenvalue weighted by Crippen LogP contribution is -2.53. The Kier molecular flexibility index (Phi) is 3.61. The zero-order valence-corrected chi connectivity index (χ0v) is 13.6. The van der Waals surface area contributed by atoms with Gasteiger partial charge in [-0.15, -0.1) is 0 Å². The average Bonchev–Trinajstić information content (AvgIpc) is 3.05. The number of alkyl halides is 2. The summed E-state index contributed by atoms with van der Waals surface area (Å²) < 4.78 is 55.7. The molecule has 1 N–H and O–H groups in total. The number of nitrogens with zero attached hydrogens (tertiary/aromatic N) is 4. The number of aromatic nitrogens is 1. The van der Waals surface area contributed by atoms with Gasteiger partial charge in [0.2, 0.25) is 10.0 Å². The van der Waals surface area contributed by atoms with E-state index in [-0.39, 0.29) is 28.4 Å². The Morgan fingerprint density at radius 3 is 2.71 bits per heavy atom. The number of piperidine rings is 1. The predicted octanol–water partition coefficient (Wildman–Crippen LogP) is 1.39. The first kappa shape index (κ1) is 16.7. The van der Waals surface area contributed by atoms with E-state index in [9.17, 15) is 22.0 Å². The molecule has 1 atom stereocenters. The van der Waals surface area contributed by atoms with Crippen LogP contribution in [0.5, 0.6) is 0 Å². The summed E-state index contributed by atoms with van der Waals surface area (Å²) in [6.07, 6.45) is 1.14. The Morgan fingerprint density at radius 2 is 2.12 bits per heavy atom. The van der Waals surface area contributed by atoms with Gasteiger partial charge in [-0.1, -0.05) is 0 Å². The fraction of sp³-hybridized carbons (Fsp3) is 0.462. The molecule has 1 unspecified atom stereocenters. The molecule has 1 saturated heterocycles. The van der Waals surface area contributed by atoms with Crippen LogP contribution in [0.25, 0.3) is 0 Å². The summed E-state index contributed by atoms with van der Waals surface area (Å²) in [5, 5.41) is 16.0. The highest BCUT2D eigenvalue weighted by Gasteiger charge is 2.52. The first-order valence-corrected chi connectivity index (χ1v) is 8.36. The minimum atomic E-state index is -4.29. The molecular formula is C13H14F2N4O4S. The number of hydrogen-bond donors (Lipinski definition) is 1. The molecule has 3 rings (SSSR count). The highest BCUT2D eigenvalue weighted by atomic mass is 32.2. The van der Waals surface area contributed by atoms with Crippen molar-refractivity contribution < 1.29 is 27.1 Å². The van der Waals surface area contributed by atoms with Crippen LogP contribution in [0.3, 0.4) is 0 Å². The Hall–Kier alpha value is -2.14. The summed E-state index contributed by atoms with van der Waals surface area (Å²) in [6.45, 7) is 0.128. The molecule has 2 aliphatic rings. The number of sulfonamides is 1. The third kappa shape index (κ3) is 2.35. The largest absolute Gasteiger partial charge is 0.477 e. The zero-order chi connectivity index (χ0) is 17.9. The van der Waals surface area contributed by atoms with Crippen molar-refractivity contribution >= 4 is 16.0 Å². The summed E-state index contributed by atoms with van der Waals surface area (Å²) >= 11 is 0. The molecule has 0 amide bonds. The molecule has 0 aromatic carbocycles. The van der Waals surface area contributed by atoms with E-state index in [1.54, 1.807) is 0 Å². The van der Waals surface area contributed by atoms with Gasteiger partial charge in [0.25, 0.3) is 5.92 Å². The molecule has 8 nitrogen and oxygen atoms in total. The lowest BCUT2D eigenvalue weighted by molar-refractivity contribution is -0.0412. The van der Waals surface area contributed by atoms with Gasteiger partial charge in [0.15, 0.2) is 6.04 Å². The monoisotopic (exact) mass is 360 g/mol. The van der Waals surface area contributed by atoms with E-state index in [4.69, 9.17) is 5.11 Å². The van der Waals surface area contributed by atoms with Crippen molar-refractivity contribution in [3.8, 4) is 0 Å². The normalized spacial score (nSPS) is 23.2. The average molecular weight is 360 g/mol. The van der Waals surface area contributed by atoms with E-state index in [0.29, 0.717) is 4.31 Å². The first-order chi connectivity index (χ1) is 11.1. The third-order valence-electron chi connectivity index (χ3n) is 4.23. The van der Waals surface area contributed by atoms with Gasteiger partial charge in [0.05, 0.1) is 12.7 Å². The minimum absolute atomic E-state index is 0.113. The SMILES string of the molecule is Cc1c(S(=O)(=O)N2CC3=CN=NC3C(F)(F)C2)cc(C(=O)O)n1C. The van der Waals surface area contributed by atoms with Crippen LogP contribution in [-0.2, 0) is 17.1 Å². The Morgan fingerprint density at radius 1 is 1.46 bits per heavy atom. The van der Waals surface area contributed by atoms with Crippen molar-refractivity contribution in [1.29, 1.82) is 0 Å². The van der Waals surface area contributed by atoms with Crippen molar-refractivity contribution in [2.45, 2.75) is 23.8 Å². The smallest absolute Gasteiger partial charge is 0.352 e. The van der Waals surface area contributed by atoms with Crippen molar-refractivity contribution in [3.05, 3.63) is 29.2 Å². The molecule has 1 aromatic rings. The number of carboxylic acid groups (broad SMARTS) is 1. The number of carboxylic acids is 1. The lowest BCUT2D eigenvalue weighted by Gasteiger charge is -2.35. The fourth-order valence-electron chi connectivity index (χ4n) is 2.83. The van der Waals surface area contributed by atoms with E-state index in [2.05, 4.69) is 10.2 Å². The topological polar surface area (TPSA) is 104 Å². The van der Waals surface area contributed by atoms with Gasteiger partial charge in [0, 0.05) is 19.3 Å². The maximum atomic E-state index is 14.2.